The first-order valence-corrected chi connectivity index (χ1v) is 9.45. The van der Waals surface area contributed by atoms with E-state index in [9.17, 15) is 13.0 Å². The van der Waals surface area contributed by atoms with Crippen LogP contribution in [0.2, 0.25) is 0 Å². The molecule has 0 rings (SSSR count). The Kier molecular flexibility index (Phi) is 9.00. The van der Waals surface area contributed by atoms with Crippen molar-refractivity contribution in [1.29, 1.82) is 0 Å². The summed E-state index contributed by atoms with van der Waals surface area (Å²) in [6.07, 6.45) is 5.14. The highest BCUT2D eigenvalue weighted by Gasteiger charge is 2.29. The van der Waals surface area contributed by atoms with Crippen LogP contribution in [0, 0.1) is 0 Å². The van der Waals surface area contributed by atoms with Gasteiger partial charge in [-0.15, -0.1) is 0 Å². The minimum absolute atomic E-state index is 0.244. The summed E-state index contributed by atoms with van der Waals surface area (Å²) < 4.78 is 38.5. The Morgan fingerprint density at radius 2 is 1.71 bits per heavy atom. The number of hydrogen-bond donors (Lipinski definition) is 0. The summed E-state index contributed by atoms with van der Waals surface area (Å²) in [6, 6.07) is 0. The zero-order valence-corrected chi connectivity index (χ0v) is 15.2. The third-order valence-electron chi connectivity index (χ3n) is 3.46. The number of rotatable bonds is 12. The predicted octanol–water partition coefficient (Wildman–Crippen LogP) is 2.37. The largest absolute Gasteiger partial charge is 0.748 e. The lowest BCUT2D eigenvalue weighted by Gasteiger charge is -2.37. The number of quaternary nitrogens is 1. The van der Waals surface area contributed by atoms with E-state index in [2.05, 4.69) is 20.8 Å². The third-order valence-corrected chi connectivity index (χ3v) is 4.25. The lowest BCUT2D eigenvalue weighted by Crippen LogP contribution is -2.51. The van der Waals surface area contributed by atoms with Gasteiger partial charge in [0.25, 0.3) is 0 Å². The van der Waals surface area contributed by atoms with E-state index < -0.39 is 10.1 Å². The molecular formula is C15H33NO4S. The molecule has 0 radical (unpaired) electrons. The zero-order valence-electron chi connectivity index (χ0n) is 14.4. The molecule has 0 aromatic heterocycles. The molecule has 0 bridgehead atoms. The Bertz CT molecular complexity index is 377. The van der Waals surface area contributed by atoms with Crippen molar-refractivity contribution in [2.24, 2.45) is 0 Å². The molecule has 0 amide bonds. The molecule has 0 spiro atoms. The van der Waals surface area contributed by atoms with Gasteiger partial charge >= 0.3 is 0 Å². The van der Waals surface area contributed by atoms with Gasteiger partial charge < -0.3 is 13.8 Å². The number of nitrogens with zero attached hydrogens (tertiary/aromatic N) is 1. The highest BCUT2D eigenvalue weighted by molar-refractivity contribution is 7.85. The zero-order chi connectivity index (χ0) is 16.6. The SMILES string of the molecule is CCCCCCOC(C)(C)C[N+](C)(C)CCCS(=O)(=O)[O-]. The Labute approximate surface area is 131 Å². The molecule has 6 heteroatoms. The number of ether oxygens (including phenoxy) is 1. The molecule has 0 aliphatic rings. The van der Waals surface area contributed by atoms with E-state index in [1.807, 2.05) is 14.1 Å². The summed E-state index contributed by atoms with van der Waals surface area (Å²) in [5.41, 5.74) is -0.244. The highest BCUT2D eigenvalue weighted by Crippen LogP contribution is 2.16. The van der Waals surface area contributed by atoms with Gasteiger partial charge in [0.15, 0.2) is 0 Å². The minimum atomic E-state index is -4.10. The van der Waals surface area contributed by atoms with Gasteiger partial charge in [-0.1, -0.05) is 26.2 Å². The first-order chi connectivity index (χ1) is 9.47. The Morgan fingerprint density at radius 3 is 2.24 bits per heavy atom. The van der Waals surface area contributed by atoms with E-state index in [4.69, 9.17) is 4.74 Å². The van der Waals surface area contributed by atoms with Gasteiger partial charge in [0.1, 0.15) is 12.1 Å². The smallest absolute Gasteiger partial charge is 0.111 e. The lowest BCUT2D eigenvalue weighted by molar-refractivity contribution is -0.896. The molecule has 21 heavy (non-hydrogen) atoms. The summed E-state index contributed by atoms with van der Waals surface area (Å²) in [5.74, 6) is -0.285. The molecule has 0 saturated carbocycles. The van der Waals surface area contributed by atoms with Crippen LogP contribution in [0.1, 0.15) is 52.9 Å². The Hall–Kier alpha value is -0.170. The molecule has 128 valence electrons. The van der Waals surface area contributed by atoms with Crippen LogP contribution < -0.4 is 0 Å². The molecule has 0 aromatic rings. The fourth-order valence-electron chi connectivity index (χ4n) is 2.70. The molecule has 0 fully saturated rings. The van der Waals surface area contributed by atoms with E-state index in [1.54, 1.807) is 0 Å². The van der Waals surface area contributed by atoms with Gasteiger partial charge in [-0.3, -0.25) is 0 Å². The molecular weight excluding hydrogens is 290 g/mol. The van der Waals surface area contributed by atoms with Crippen LogP contribution in [0.5, 0.6) is 0 Å². The average Bonchev–Trinajstić information content (AvgIpc) is 2.24. The number of unbranched alkanes of at least 4 members (excludes halogenated alkanes) is 3. The summed E-state index contributed by atoms with van der Waals surface area (Å²) in [6.45, 7) is 8.53. The summed E-state index contributed by atoms with van der Waals surface area (Å²) >= 11 is 0. The topological polar surface area (TPSA) is 66.4 Å². The molecule has 0 aromatic carbocycles. The van der Waals surface area contributed by atoms with Gasteiger partial charge in [-0.05, 0) is 20.3 Å². The molecule has 0 aliphatic heterocycles. The fraction of sp³-hybridized carbons (Fsp3) is 1.00. The van der Waals surface area contributed by atoms with Crippen molar-refractivity contribution in [3.8, 4) is 0 Å². The first-order valence-electron chi connectivity index (χ1n) is 7.87. The van der Waals surface area contributed by atoms with Gasteiger partial charge in [0.05, 0.1) is 30.8 Å². The fourth-order valence-corrected chi connectivity index (χ4v) is 3.18. The molecule has 0 unspecified atom stereocenters. The van der Waals surface area contributed by atoms with E-state index in [1.165, 1.54) is 19.3 Å². The second-order valence-corrected chi connectivity index (χ2v) is 8.63. The standard InChI is InChI=1S/C15H33NO4S/c1-6-7-8-9-12-20-15(2,3)14-16(4,5)11-10-13-21(17,18)19/h6-14H2,1-5H3. The normalized spacial score (nSPS) is 13.6. The van der Waals surface area contributed by atoms with Gasteiger partial charge in [-0.25, -0.2) is 8.42 Å². The third kappa shape index (κ3) is 13.2. The first kappa shape index (κ1) is 20.8. The lowest BCUT2D eigenvalue weighted by atomic mass is 10.1. The van der Waals surface area contributed by atoms with Gasteiger partial charge in [0, 0.05) is 18.8 Å². The highest BCUT2D eigenvalue weighted by atomic mass is 32.2. The number of hydrogen-bond acceptors (Lipinski definition) is 4. The van der Waals surface area contributed by atoms with E-state index in [0.29, 0.717) is 17.4 Å². The van der Waals surface area contributed by atoms with E-state index in [-0.39, 0.29) is 11.4 Å². The Morgan fingerprint density at radius 1 is 1.10 bits per heavy atom. The summed E-state index contributed by atoms with van der Waals surface area (Å²) in [4.78, 5) is 0. The van der Waals surface area contributed by atoms with Crippen LogP contribution in [-0.2, 0) is 14.9 Å². The van der Waals surface area contributed by atoms with Crippen molar-refractivity contribution in [1.82, 2.24) is 0 Å². The van der Waals surface area contributed by atoms with Crippen LogP contribution in [0.3, 0.4) is 0 Å². The van der Waals surface area contributed by atoms with Crippen LogP contribution in [0.25, 0.3) is 0 Å². The predicted molar refractivity (Wildman–Crippen MR) is 85.2 cm³/mol. The van der Waals surface area contributed by atoms with Gasteiger partial charge in [0.2, 0.25) is 0 Å². The molecule has 0 atom stereocenters. The monoisotopic (exact) mass is 323 g/mol. The average molecular weight is 323 g/mol. The van der Waals surface area contributed by atoms with Crippen molar-refractivity contribution in [3.63, 3.8) is 0 Å². The van der Waals surface area contributed by atoms with Crippen LogP contribution in [0.4, 0.5) is 0 Å². The summed E-state index contributed by atoms with van der Waals surface area (Å²) in [5, 5.41) is 0. The number of likely N-dealkylation sites (N-methyl/N-ethyl adjacent to an activating group) is 1. The molecule has 0 heterocycles. The van der Waals surface area contributed by atoms with E-state index in [0.717, 1.165) is 19.6 Å². The van der Waals surface area contributed by atoms with Crippen LogP contribution in [0.15, 0.2) is 0 Å². The van der Waals surface area contributed by atoms with Crippen LogP contribution in [-0.4, -0.2) is 62.6 Å². The molecule has 0 saturated heterocycles. The maximum Gasteiger partial charge on any atom is 0.111 e. The second-order valence-electron chi connectivity index (χ2n) is 7.10. The molecule has 5 nitrogen and oxygen atoms in total. The summed E-state index contributed by atoms with van der Waals surface area (Å²) in [7, 11) is -0.0220. The second kappa shape index (κ2) is 9.08. The van der Waals surface area contributed by atoms with Crippen molar-refractivity contribution in [2.75, 3.05) is 39.5 Å². The van der Waals surface area contributed by atoms with Crippen molar-refractivity contribution >= 4 is 10.1 Å². The van der Waals surface area contributed by atoms with Gasteiger partial charge in [-0.2, -0.15) is 0 Å². The van der Waals surface area contributed by atoms with Crippen molar-refractivity contribution in [3.05, 3.63) is 0 Å². The van der Waals surface area contributed by atoms with Crippen molar-refractivity contribution in [2.45, 2.75) is 58.5 Å². The van der Waals surface area contributed by atoms with Crippen molar-refractivity contribution < 1.29 is 22.2 Å². The minimum Gasteiger partial charge on any atom is -0.748 e. The molecule has 0 N–H and O–H groups in total. The Balaban J connectivity index is 4.09. The van der Waals surface area contributed by atoms with E-state index >= 15 is 0 Å². The maximum atomic E-state index is 10.6. The maximum absolute atomic E-state index is 10.6. The quantitative estimate of drug-likeness (QED) is 0.314. The molecule has 0 aliphatic carbocycles. The van der Waals surface area contributed by atoms with Crippen LogP contribution >= 0.6 is 0 Å².